The maximum atomic E-state index is 11.5. The van der Waals surface area contributed by atoms with E-state index < -0.39 is 0 Å². The van der Waals surface area contributed by atoms with E-state index in [2.05, 4.69) is 27.4 Å². The molecule has 0 N–H and O–H groups in total. The van der Waals surface area contributed by atoms with E-state index >= 15 is 0 Å². The Bertz CT molecular complexity index is 282. The van der Waals surface area contributed by atoms with Gasteiger partial charge in [0.15, 0.2) is 0 Å². The average molecular weight is 192 g/mol. The van der Waals surface area contributed by atoms with Gasteiger partial charge in [-0.2, -0.15) is 0 Å². The standard InChI is InChI=1S/C13H20O/c1-5-6-7-12-10(2)8-11(14)9-13(12,3)4/h5H,1,6-9H2,2-4H3. The van der Waals surface area contributed by atoms with E-state index in [9.17, 15) is 4.79 Å². The smallest absolute Gasteiger partial charge is 0.137 e. The fourth-order valence-corrected chi connectivity index (χ4v) is 2.44. The first-order valence-electron chi connectivity index (χ1n) is 5.29. The SMILES string of the molecule is C=CCCC1=C(C)CC(=O)CC1(C)C. The van der Waals surface area contributed by atoms with Crippen molar-refractivity contribution in [1.29, 1.82) is 0 Å². The normalized spacial score (nSPS) is 21.2. The Balaban J connectivity index is 2.90. The molecule has 0 heterocycles. The Hall–Kier alpha value is -0.850. The quantitative estimate of drug-likeness (QED) is 0.624. The average Bonchev–Trinajstić information content (AvgIpc) is 2.00. The van der Waals surface area contributed by atoms with Crippen LogP contribution in [0.1, 0.15) is 46.5 Å². The molecule has 0 aromatic rings. The minimum Gasteiger partial charge on any atom is -0.299 e. The summed E-state index contributed by atoms with van der Waals surface area (Å²) in [6.45, 7) is 10.2. The van der Waals surface area contributed by atoms with Gasteiger partial charge in [-0.05, 0) is 25.2 Å². The molecule has 0 spiro atoms. The summed E-state index contributed by atoms with van der Waals surface area (Å²) in [6, 6.07) is 0. The molecule has 0 fully saturated rings. The van der Waals surface area contributed by atoms with Gasteiger partial charge in [-0.1, -0.05) is 31.1 Å². The predicted octanol–water partition coefficient (Wildman–Crippen LogP) is 3.66. The van der Waals surface area contributed by atoms with Crippen LogP contribution in [0, 0.1) is 5.41 Å². The molecule has 0 amide bonds. The van der Waals surface area contributed by atoms with Gasteiger partial charge in [0, 0.05) is 12.8 Å². The molecule has 0 bridgehead atoms. The van der Waals surface area contributed by atoms with E-state index in [1.165, 1.54) is 11.1 Å². The van der Waals surface area contributed by atoms with Gasteiger partial charge in [0.05, 0.1) is 0 Å². The van der Waals surface area contributed by atoms with Crippen LogP contribution in [-0.2, 0) is 4.79 Å². The number of carbonyl (C=O) groups excluding carboxylic acids is 1. The van der Waals surface area contributed by atoms with Crippen molar-refractivity contribution < 1.29 is 4.79 Å². The summed E-state index contributed by atoms with van der Waals surface area (Å²) < 4.78 is 0. The summed E-state index contributed by atoms with van der Waals surface area (Å²) in [5.41, 5.74) is 2.83. The minimum absolute atomic E-state index is 0.0719. The van der Waals surface area contributed by atoms with Crippen LogP contribution in [0.15, 0.2) is 23.8 Å². The lowest BCUT2D eigenvalue weighted by Gasteiger charge is -2.33. The van der Waals surface area contributed by atoms with E-state index in [0.29, 0.717) is 18.6 Å². The van der Waals surface area contributed by atoms with Gasteiger partial charge < -0.3 is 0 Å². The number of carbonyl (C=O) groups is 1. The third-order valence-electron chi connectivity index (χ3n) is 3.03. The van der Waals surface area contributed by atoms with Crippen molar-refractivity contribution in [3.05, 3.63) is 23.8 Å². The van der Waals surface area contributed by atoms with Gasteiger partial charge in [0.25, 0.3) is 0 Å². The molecule has 1 nitrogen and oxygen atoms in total. The van der Waals surface area contributed by atoms with Crippen LogP contribution in [0.3, 0.4) is 0 Å². The molecule has 78 valence electrons. The number of hydrogen-bond acceptors (Lipinski definition) is 1. The Morgan fingerprint density at radius 1 is 1.50 bits per heavy atom. The second-order valence-corrected chi connectivity index (χ2v) is 4.86. The van der Waals surface area contributed by atoms with Gasteiger partial charge in [0.2, 0.25) is 0 Å². The summed E-state index contributed by atoms with van der Waals surface area (Å²) in [7, 11) is 0. The number of Topliss-reactive ketones (excluding diaryl/α,β-unsaturated/α-hetero) is 1. The third kappa shape index (κ3) is 2.34. The summed E-state index contributed by atoms with van der Waals surface area (Å²) in [6.07, 6.45) is 5.40. The molecule has 0 unspecified atom stereocenters. The fraction of sp³-hybridized carbons (Fsp3) is 0.615. The maximum Gasteiger partial charge on any atom is 0.137 e. The second-order valence-electron chi connectivity index (χ2n) is 4.86. The Kier molecular flexibility index (Phi) is 3.30. The van der Waals surface area contributed by atoms with Crippen molar-refractivity contribution in [2.75, 3.05) is 0 Å². The van der Waals surface area contributed by atoms with Crippen LogP contribution in [0.4, 0.5) is 0 Å². The Labute approximate surface area is 86.9 Å². The van der Waals surface area contributed by atoms with Gasteiger partial charge >= 0.3 is 0 Å². The van der Waals surface area contributed by atoms with E-state index in [-0.39, 0.29) is 5.41 Å². The molecular formula is C13H20O. The van der Waals surface area contributed by atoms with E-state index in [4.69, 9.17) is 0 Å². The molecule has 0 aliphatic heterocycles. The Morgan fingerprint density at radius 3 is 2.64 bits per heavy atom. The molecule has 1 aliphatic rings. The highest BCUT2D eigenvalue weighted by Crippen LogP contribution is 2.40. The predicted molar refractivity (Wildman–Crippen MR) is 60.2 cm³/mol. The molecule has 14 heavy (non-hydrogen) atoms. The van der Waals surface area contributed by atoms with Crippen molar-refractivity contribution in [1.82, 2.24) is 0 Å². The van der Waals surface area contributed by atoms with Gasteiger partial charge in [-0.15, -0.1) is 6.58 Å². The van der Waals surface area contributed by atoms with Crippen molar-refractivity contribution in [2.45, 2.75) is 46.5 Å². The van der Waals surface area contributed by atoms with Crippen LogP contribution in [0.5, 0.6) is 0 Å². The highest BCUT2D eigenvalue weighted by molar-refractivity contribution is 5.83. The zero-order valence-electron chi connectivity index (χ0n) is 9.52. The van der Waals surface area contributed by atoms with Crippen LogP contribution < -0.4 is 0 Å². The van der Waals surface area contributed by atoms with Crippen molar-refractivity contribution in [3.63, 3.8) is 0 Å². The minimum atomic E-state index is 0.0719. The van der Waals surface area contributed by atoms with Gasteiger partial charge in [-0.25, -0.2) is 0 Å². The third-order valence-corrected chi connectivity index (χ3v) is 3.03. The van der Waals surface area contributed by atoms with E-state index in [0.717, 1.165) is 12.8 Å². The molecule has 1 heteroatoms. The lowest BCUT2D eigenvalue weighted by molar-refractivity contribution is -0.120. The molecular weight excluding hydrogens is 172 g/mol. The lowest BCUT2D eigenvalue weighted by Crippen LogP contribution is -2.26. The molecule has 0 aromatic heterocycles. The number of ketones is 1. The number of allylic oxidation sites excluding steroid dienone is 3. The first kappa shape index (κ1) is 11.2. The Morgan fingerprint density at radius 2 is 2.14 bits per heavy atom. The molecule has 0 radical (unpaired) electrons. The van der Waals surface area contributed by atoms with Crippen LogP contribution in [0.25, 0.3) is 0 Å². The molecule has 1 rings (SSSR count). The van der Waals surface area contributed by atoms with Crippen molar-refractivity contribution >= 4 is 5.78 Å². The monoisotopic (exact) mass is 192 g/mol. The molecule has 0 atom stereocenters. The molecule has 0 aromatic carbocycles. The van der Waals surface area contributed by atoms with E-state index in [1.807, 2.05) is 6.08 Å². The van der Waals surface area contributed by atoms with Crippen LogP contribution in [0.2, 0.25) is 0 Å². The van der Waals surface area contributed by atoms with Crippen LogP contribution in [-0.4, -0.2) is 5.78 Å². The summed E-state index contributed by atoms with van der Waals surface area (Å²) in [5, 5.41) is 0. The summed E-state index contributed by atoms with van der Waals surface area (Å²) >= 11 is 0. The summed E-state index contributed by atoms with van der Waals surface area (Å²) in [4.78, 5) is 11.5. The van der Waals surface area contributed by atoms with E-state index in [1.54, 1.807) is 0 Å². The molecule has 0 saturated carbocycles. The number of rotatable bonds is 3. The van der Waals surface area contributed by atoms with Crippen molar-refractivity contribution in [2.24, 2.45) is 5.41 Å². The first-order valence-corrected chi connectivity index (χ1v) is 5.29. The number of hydrogen-bond donors (Lipinski definition) is 0. The second kappa shape index (κ2) is 4.12. The van der Waals surface area contributed by atoms with Crippen molar-refractivity contribution in [3.8, 4) is 0 Å². The van der Waals surface area contributed by atoms with Crippen LogP contribution >= 0.6 is 0 Å². The molecule has 0 saturated heterocycles. The largest absolute Gasteiger partial charge is 0.299 e. The lowest BCUT2D eigenvalue weighted by atomic mass is 9.71. The van der Waals surface area contributed by atoms with Gasteiger partial charge in [0.1, 0.15) is 5.78 Å². The topological polar surface area (TPSA) is 17.1 Å². The zero-order valence-corrected chi connectivity index (χ0v) is 9.52. The zero-order chi connectivity index (χ0) is 10.8. The first-order chi connectivity index (χ1) is 6.47. The molecule has 1 aliphatic carbocycles. The highest BCUT2D eigenvalue weighted by Gasteiger charge is 2.31. The summed E-state index contributed by atoms with van der Waals surface area (Å²) in [5.74, 6) is 0.384. The fourth-order valence-electron chi connectivity index (χ4n) is 2.44. The highest BCUT2D eigenvalue weighted by atomic mass is 16.1. The maximum absolute atomic E-state index is 11.5. The van der Waals surface area contributed by atoms with Gasteiger partial charge in [-0.3, -0.25) is 4.79 Å².